The fourth-order valence-electron chi connectivity index (χ4n) is 4.02. The third kappa shape index (κ3) is 3.07. The Kier molecular flexibility index (Phi) is 4.97. The minimum absolute atomic E-state index is 0.113. The lowest BCUT2D eigenvalue weighted by atomic mass is 9.92. The van der Waals surface area contributed by atoms with E-state index in [0.29, 0.717) is 10.6 Å². The van der Waals surface area contributed by atoms with Gasteiger partial charge < -0.3 is 10.2 Å². The normalized spacial score (nSPS) is 29.1. The van der Waals surface area contributed by atoms with Crippen molar-refractivity contribution in [3.05, 3.63) is 34.9 Å². The Bertz CT molecular complexity index is 743. The highest BCUT2D eigenvalue weighted by atomic mass is 35.5. The number of rotatable bonds is 3. The first-order valence-electron chi connectivity index (χ1n) is 8.96. The van der Waals surface area contributed by atoms with Crippen LogP contribution in [0, 0.1) is 0 Å². The smallest absolute Gasteiger partial charge is 0.325 e. The van der Waals surface area contributed by atoms with Crippen molar-refractivity contribution >= 4 is 29.4 Å². The number of carbonyl (C=O) groups excluding carboxylic acids is 3. The topological polar surface area (TPSA) is 69.7 Å². The zero-order valence-electron chi connectivity index (χ0n) is 15.3. The molecule has 2 aliphatic rings. The van der Waals surface area contributed by atoms with Gasteiger partial charge in [-0.2, -0.15) is 0 Å². The second-order valence-electron chi connectivity index (χ2n) is 7.36. The van der Waals surface area contributed by atoms with Crippen LogP contribution >= 0.6 is 11.6 Å². The van der Waals surface area contributed by atoms with Gasteiger partial charge in [0.25, 0.3) is 5.91 Å². The highest BCUT2D eigenvalue weighted by Gasteiger charge is 2.50. The molecule has 0 radical (unpaired) electrons. The minimum atomic E-state index is -1.27. The van der Waals surface area contributed by atoms with E-state index < -0.39 is 17.5 Å². The third-order valence-electron chi connectivity index (χ3n) is 5.46. The number of nitrogens with zero attached hydrogens (tertiary/aromatic N) is 2. The van der Waals surface area contributed by atoms with E-state index in [4.69, 9.17) is 11.6 Å². The Morgan fingerprint density at radius 1 is 1.23 bits per heavy atom. The number of hydrogen-bond donors (Lipinski definition) is 1. The zero-order chi connectivity index (χ0) is 19.1. The first kappa shape index (κ1) is 18.7. The van der Waals surface area contributed by atoms with Crippen LogP contribution in [0.2, 0.25) is 5.02 Å². The summed E-state index contributed by atoms with van der Waals surface area (Å²) in [7, 11) is 0. The SMILES string of the molecule is C[C@@H]1CCC[C@H](C)N1C(=O)CN1C(=O)N[C@@](C)(c2ccccc2Cl)C1=O. The predicted octanol–water partition coefficient (Wildman–Crippen LogP) is 2.90. The van der Waals surface area contributed by atoms with Crippen LogP contribution in [0.5, 0.6) is 0 Å². The monoisotopic (exact) mass is 377 g/mol. The van der Waals surface area contributed by atoms with Crippen molar-refractivity contribution in [3.63, 3.8) is 0 Å². The van der Waals surface area contributed by atoms with Crippen LogP contribution in [0.1, 0.15) is 45.6 Å². The molecule has 6 nitrogen and oxygen atoms in total. The second kappa shape index (κ2) is 6.91. The summed E-state index contributed by atoms with van der Waals surface area (Å²) in [5, 5.41) is 3.10. The van der Waals surface area contributed by atoms with Crippen LogP contribution in [0.3, 0.4) is 0 Å². The van der Waals surface area contributed by atoms with E-state index in [1.807, 2.05) is 13.8 Å². The Balaban J connectivity index is 1.81. The van der Waals surface area contributed by atoms with Crippen molar-refractivity contribution in [2.75, 3.05) is 6.54 Å². The fourth-order valence-corrected chi connectivity index (χ4v) is 4.34. The summed E-state index contributed by atoms with van der Waals surface area (Å²) in [5.41, 5.74) is -0.746. The number of amides is 4. The van der Waals surface area contributed by atoms with E-state index in [1.165, 1.54) is 0 Å². The molecule has 0 aliphatic carbocycles. The number of hydrogen-bond acceptors (Lipinski definition) is 3. The molecule has 0 spiro atoms. The number of carbonyl (C=O) groups is 3. The van der Waals surface area contributed by atoms with Crippen molar-refractivity contribution in [1.29, 1.82) is 0 Å². The van der Waals surface area contributed by atoms with Gasteiger partial charge in [-0.3, -0.25) is 14.5 Å². The molecule has 0 bridgehead atoms. The lowest BCUT2D eigenvalue weighted by Crippen LogP contribution is -2.52. The van der Waals surface area contributed by atoms with E-state index in [2.05, 4.69) is 5.32 Å². The molecule has 7 heteroatoms. The van der Waals surface area contributed by atoms with Gasteiger partial charge in [0.1, 0.15) is 12.1 Å². The maximum Gasteiger partial charge on any atom is 0.325 e. The number of benzene rings is 1. The second-order valence-corrected chi connectivity index (χ2v) is 7.76. The highest BCUT2D eigenvalue weighted by molar-refractivity contribution is 6.32. The molecule has 26 heavy (non-hydrogen) atoms. The highest BCUT2D eigenvalue weighted by Crippen LogP contribution is 2.33. The average Bonchev–Trinajstić information content (AvgIpc) is 2.79. The molecule has 3 rings (SSSR count). The summed E-state index contributed by atoms with van der Waals surface area (Å²) < 4.78 is 0. The number of likely N-dealkylation sites (tertiary alicyclic amines) is 1. The molecular formula is C19H24ClN3O3. The molecule has 0 unspecified atom stereocenters. The van der Waals surface area contributed by atoms with E-state index in [9.17, 15) is 14.4 Å². The summed E-state index contributed by atoms with van der Waals surface area (Å²) in [6.07, 6.45) is 2.96. The van der Waals surface area contributed by atoms with Gasteiger partial charge in [0.2, 0.25) is 5.91 Å². The van der Waals surface area contributed by atoms with Gasteiger partial charge in [0, 0.05) is 22.7 Å². The molecule has 2 saturated heterocycles. The molecule has 2 heterocycles. The summed E-state index contributed by atoms with van der Waals surface area (Å²) in [5.74, 6) is -0.655. The first-order valence-corrected chi connectivity index (χ1v) is 9.33. The number of nitrogens with one attached hydrogen (secondary N) is 1. The Morgan fingerprint density at radius 3 is 2.46 bits per heavy atom. The molecule has 0 aromatic heterocycles. The van der Waals surface area contributed by atoms with Crippen LogP contribution in [0.25, 0.3) is 0 Å². The lowest BCUT2D eigenvalue weighted by molar-refractivity contribution is -0.142. The number of imide groups is 1. The lowest BCUT2D eigenvalue weighted by Gasteiger charge is -2.39. The molecule has 0 saturated carbocycles. The van der Waals surface area contributed by atoms with Gasteiger partial charge in [-0.15, -0.1) is 0 Å². The van der Waals surface area contributed by atoms with Gasteiger partial charge >= 0.3 is 6.03 Å². The molecule has 3 atom stereocenters. The van der Waals surface area contributed by atoms with Gasteiger partial charge in [0.05, 0.1) is 0 Å². The number of halogens is 1. The predicted molar refractivity (Wildman–Crippen MR) is 98.7 cm³/mol. The van der Waals surface area contributed by atoms with Crippen molar-refractivity contribution in [3.8, 4) is 0 Å². The van der Waals surface area contributed by atoms with E-state index in [-0.39, 0.29) is 24.5 Å². The van der Waals surface area contributed by atoms with Gasteiger partial charge in [-0.05, 0) is 46.1 Å². The van der Waals surface area contributed by atoms with Crippen LogP contribution in [0.4, 0.5) is 4.79 Å². The molecule has 140 valence electrons. The fraction of sp³-hybridized carbons (Fsp3) is 0.526. The Labute approximate surface area is 158 Å². The quantitative estimate of drug-likeness (QED) is 0.823. The minimum Gasteiger partial charge on any atom is -0.336 e. The van der Waals surface area contributed by atoms with Gasteiger partial charge in [0.15, 0.2) is 0 Å². The maximum absolute atomic E-state index is 13.0. The van der Waals surface area contributed by atoms with Crippen LogP contribution in [0.15, 0.2) is 24.3 Å². The van der Waals surface area contributed by atoms with Crippen molar-refractivity contribution in [2.24, 2.45) is 0 Å². The Hall–Kier alpha value is -2.08. The molecule has 4 amide bonds. The van der Waals surface area contributed by atoms with E-state index in [1.54, 1.807) is 36.1 Å². The first-order chi connectivity index (χ1) is 12.3. The molecule has 1 aromatic carbocycles. The molecule has 1 N–H and O–H groups in total. The standard InChI is InChI=1S/C19H24ClN3O3/c1-12-7-6-8-13(2)23(12)16(24)11-22-17(25)19(3,21-18(22)26)14-9-4-5-10-15(14)20/h4-5,9-10,12-13H,6-8,11H2,1-3H3,(H,21,26)/t12-,13+,19-/m0/s1. The van der Waals surface area contributed by atoms with Crippen LogP contribution in [-0.2, 0) is 15.1 Å². The zero-order valence-corrected chi connectivity index (χ0v) is 16.0. The summed E-state index contributed by atoms with van der Waals surface area (Å²) in [6, 6.07) is 6.56. The van der Waals surface area contributed by atoms with Crippen molar-refractivity contribution in [1.82, 2.24) is 15.1 Å². The van der Waals surface area contributed by atoms with Gasteiger partial charge in [-0.1, -0.05) is 29.8 Å². The summed E-state index contributed by atoms with van der Waals surface area (Å²) in [4.78, 5) is 41.0. The van der Waals surface area contributed by atoms with E-state index in [0.717, 1.165) is 24.2 Å². The number of urea groups is 1. The largest absolute Gasteiger partial charge is 0.336 e. The van der Waals surface area contributed by atoms with Gasteiger partial charge in [-0.25, -0.2) is 4.79 Å². The van der Waals surface area contributed by atoms with Crippen molar-refractivity contribution < 1.29 is 14.4 Å². The third-order valence-corrected chi connectivity index (χ3v) is 5.79. The Morgan fingerprint density at radius 2 is 1.85 bits per heavy atom. The van der Waals surface area contributed by atoms with Crippen LogP contribution < -0.4 is 5.32 Å². The average molecular weight is 378 g/mol. The molecular weight excluding hydrogens is 354 g/mol. The summed E-state index contributed by atoms with van der Waals surface area (Å²) >= 11 is 6.22. The molecule has 1 aromatic rings. The summed E-state index contributed by atoms with van der Waals surface area (Å²) in [6.45, 7) is 5.38. The molecule has 2 aliphatic heterocycles. The van der Waals surface area contributed by atoms with Crippen molar-refractivity contribution in [2.45, 2.75) is 57.7 Å². The van der Waals surface area contributed by atoms with Crippen LogP contribution in [-0.4, -0.2) is 46.3 Å². The van der Waals surface area contributed by atoms with E-state index >= 15 is 0 Å². The molecule has 2 fully saturated rings. The number of piperidine rings is 1. The maximum atomic E-state index is 13.0.